The Bertz CT molecular complexity index is 227. The molecule has 0 aromatic carbocycles. The summed E-state index contributed by atoms with van der Waals surface area (Å²) in [6.07, 6.45) is 4.60. The highest BCUT2D eigenvalue weighted by Gasteiger charge is 2.42. The van der Waals surface area contributed by atoms with E-state index in [-0.39, 0.29) is 5.41 Å². The van der Waals surface area contributed by atoms with Crippen LogP contribution in [0.3, 0.4) is 0 Å². The van der Waals surface area contributed by atoms with E-state index in [2.05, 4.69) is 6.92 Å². The number of hydrogen-bond donors (Lipinski definition) is 1. The van der Waals surface area contributed by atoms with Crippen molar-refractivity contribution in [3.63, 3.8) is 0 Å². The van der Waals surface area contributed by atoms with Gasteiger partial charge in [-0.2, -0.15) is 0 Å². The molecule has 0 aromatic heterocycles. The van der Waals surface area contributed by atoms with Crippen LogP contribution in [0.4, 0.5) is 0 Å². The lowest BCUT2D eigenvalue weighted by Crippen LogP contribution is -2.56. The largest absolute Gasteiger partial charge is 0.341 e. The van der Waals surface area contributed by atoms with Crippen molar-refractivity contribution in [1.29, 1.82) is 0 Å². The van der Waals surface area contributed by atoms with Gasteiger partial charge in [0.1, 0.15) is 0 Å². The summed E-state index contributed by atoms with van der Waals surface area (Å²) >= 11 is 0. The van der Waals surface area contributed by atoms with Gasteiger partial charge in [0.25, 0.3) is 0 Å². The van der Waals surface area contributed by atoms with Gasteiger partial charge in [-0.3, -0.25) is 4.79 Å². The molecule has 1 heterocycles. The molecule has 0 aromatic rings. The Morgan fingerprint density at radius 2 is 2.00 bits per heavy atom. The zero-order chi connectivity index (χ0) is 10.2. The summed E-state index contributed by atoms with van der Waals surface area (Å²) in [5.74, 6) is 0.934. The van der Waals surface area contributed by atoms with Crippen LogP contribution in [0.2, 0.25) is 0 Å². The minimum Gasteiger partial charge on any atom is -0.341 e. The number of amides is 1. The molecule has 0 radical (unpaired) electrons. The van der Waals surface area contributed by atoms with Crippen LogP contribution in [-0.4, -0.2) is 30.4 Å². The molecule has 1 aliphatic carbocycles. The summed E-state index contributed by atoms with van der Waals surface area (Å²) in [4.78, 5) is 14.1. The van der Waals surface area contributed by atoms with Crippen molar-refractivity contribution in [3.05, 3.63) is 0 Å². The number of rotatable bonds is 2. The van der Waals surface area contributed by atoms with E-state index in [0.29, 0.717) is 11.8 Å². The fourth-order valence-corrected chi connectivity index (χ4v) is 2.64. The maximum absolute atomic E-state index is 12.1. The van der Waals surface area contributed by atoms with Crippen LogP contribution in [0, 0.1) is 11.3 Å². The molecule has 1 amide bonds. The Kier molecular flexibility index (Phi) is 2.52. The lowest BCUT2D eigenvalue weighted by Gasteiger charge is -2.42. The summed E-state index contributed by atoms with van der Waals surface area (Å²) < 4.78 is 0. The van der Waals surface area contributed by atoms with Gasteiger partial charge in [-0.05, 0) is 19.4 Å². The monoisotopic (exact) mass is 196 g/mol. The van der Waals surface area contributed by atoms with Gasteiger partial charge in [-0.15, -0.1) is 0 Å². The van der Waals surface area contributed by atoms with Crippen LogP contribution >= 0.6 is 0 Å². The van der Waals surface area contributed by atoms with E-state index < -0.39 is 0 Å². The van der Waals surface area contributed by atoms with Crippen LogP contribution in [0.1, 0.15) is 32.6 Å². The Morgan fingerprint density at radius 3 is 2.50 bits per heavy atom. The Hall–Kier alpha value is -0.570. The topological polar surface area (TPSA) is 46.3 Å². The summed E-state index contributed by atoms with van der Waals surface area (Å²) in [6, 6.07) is 0. The van der Waals surface area contributed by atoms with Gasteiger partial charge in [-0.1, -0.05) is 19.8 Å². The molecule has 2 N–H and O–H groups in total. The normalized spacial score (nSPS) is 26.3. The first kappa shape index (κ1) is 9.97. The molecule has 1 saturated heterocycles. The maximum atomic E-state index is 12.1. The number of nitrogens with two attached hydrogens (primary N) is 1. The average Bonchev–Trinajstić information content (AvgIpc) is 2.51. The van der Waals surface area contributed by atoms with Crippen molar-refractivity contribution in [1.82, 2.24) is 4.90 Å². The van der Waals surface area contributed by atoms with Gasteiger partial charge < -0.3 is 10.6 Å². The minimum absolute atomic E-state index is 0.0421. The van der Waals surface area contributed by atoms with Crippen molar-refractivity contribution < 1.29 is 4.79 Å². The quantitative estimate of drug-likeness (QED) is 0.715. The van der Waals surface area contributed by atoms with Gasteiger partial charge in [0.2, 0.25) is 5.91 Å². The Balaban J connectivity index is 1.90. The molecule has 3 nitrogen and oxygen atoms in total. The number of likely N-dealkylation sites (tertiary alicyclic amines) is 1. The van der Waals surface area contributed by atoms with E-state index >= 15 is 0 Å². The van der Waals surface area contributed by atoms with Crippen molar-refractivity contribution >= 4 is 5.91 Å². The minimum atomic E-state index is -0.0421. The molecule has 2 fully saturated rings. The molecule has 1 saturated carbocycles. The molecule has 2 rings (SSSR count). The standard InChI is InChI=1S/C11H20N2O/c1-11(4-2-3-5-11)10(14)13-7-9(6-12)8-13/h9H,2-8,12H2,1H3. The lowest BCUT2D eigenvalue weighted by molar-refractivity contribution is -0.147. The van der Waals surface area contributed by atoms with E-state index in [1.165, 1.54) is 12.8 Å². The van der Waals surface area contributed by atoms with E-state index in [4.69, 9.17) is 5.73 Å². The summed E-state index contributed by atoms with van der Waals surface area (Å²) in [5, 5.41) is 0. The summed E-state index contributed by atoms with van der Waals surface area (Å²) in [5.41, 5.74) is 5.50. The number of nitrogens with zero attached hydrogens (tertiary/aromatic N) is 1. The van der Waals surface area contributed by atoms with E-state index in [1.807, 2.05) is 4.90 Å². The fraction of sp³-hybridized carbons (Fsp3) is 0.909. The molecular weight excluding hydrogens is 176 g/mol. The van der Waals surface area contributed by atoms with Gasteiger partial charge in [0.05, 0.1) is 0 Å². The second kappa shape index (κ2) is 3.54. The maximum Gasteiger partial charge on any atom is 0.228 e. The van der Waals surface area contributed by atoms with E-state index in [9.17, 15) is 4.79 Å². The van der Waals surface area contributed by atoms with Crippen molar-refractivity contribution in [2.24, 2.45) is 17.1 Å². The number of carbonyl (C=O) groups excluding carboxylic acids is 1. The first-order chi connectivity index (χ1) is 6.65. The average molecular weight is 196 g/mol. The smallest absolute Gasteiger partial charge is 0.228 e. The first-order valence-corrected chi connectivity index (χ1v) is 5.65. The summed E-state index contributed by atoms with van der Waals surface area (Å²) in [6.45, 7) is 4.63. The van der Waals surface area contributed by atoms with Crippen LogP contribution in [-0.2, 0) is 4.79 Å². The predicted molar refractivity (Wildman–Crippen MR) is 55.7 cm³/mol. The predicted octanol–water partition coefficient (Wildman–Crippen LogP) is 0.984. The summed E-state index contributed by atoms with van der Waals surface area (Å²) in [7, 11) is 0. The van der Waals surface area contributed by atoms with E-state index in [1.54, 1.807) is 0 Å². The molecule has 0 spiro atoms. The van der Waals surface area contributed by atoms with Crippen molar-refractivity contribution in [3.8, 4) is 0 Å². The molecule has 80 valence electrons. The van der Waals surface area contributed by atoms with Crippen LogP contribution < -0.4 is 5.73 Å². The SMILES string of the molecule is CC1(C(=O)N2CC(CN)C2)CCCC1. The molecule has 0 atom stereocenters. The highest BCUT2D eigenvalue weighted by molar-refractivity contribution is 5.83. The number of hydrogen-bond acceptors (Lipinski definition) is 2. The van der Waals surface area contributed by atoms with Gasteiger partial charge in [0, 0.05) is 24.4 Å². The van der Waals surface area contributed by atoms with Crippen LogP contribution in [0.25, 0.3) is 0 Å². The van der Waals surface area contributed by atoms with Crippen molar-refractivity contribution in [2.75, 3.05) is 19.6 Å². The fourth-order valence-electron chi connectivity index (χ4n) is 2.64. The zero-order valence-electron chi connectivity index (χ0n) is 8.96. The second-order valence-corrected chi connectivity index (χ2v) is 5.08. The second-order valence-electron chi connectivity index (χ2n) is 5.08. The zero-order valence-corrected chi connectivity index (χ0v) is 8.96. The van der Waals surface area contributed by atoms with Crippen LogP contribution in [0.5, 0.6) is 0 Å². The molecule has 2 aliphatic rings. The van der Waals surface area contributed by atoms with Gasteiger partial charge in [-0.25, -0.2) is 0 Å². The third-order valence-electron chi connectivity index (χ3n) is 3.80. The van der Waals surface area contributed by atoms with Crippen LogP contribution in [0.15, 0.2) is 0 Å². The number of carbonyl (C=O) groups is 1. The molecular formula is C11H20N2O. The Labute approximate surface area is 85.6 Å². The lowest BCUT2D eigenvalue weighted by atomic mass is 9.85. The molecule has 0 unspecified atom stereocenters. The van der Waals surface area contributed by atoms with E-state index in [0.717, 1.165) is 32.5 Å². The van der Waals surface area contributed by atoms with Gasteiger partial charge in [0.15, 0.2) is 0 Å². The highest BCUT2D eigenvalue weighted by atomic mass is 16.2. The third kappa shape index (κ3) is 1.54. The first-order valence-electron chi connectivity index (χ1n) is 5.65. The molecule has 1 aliphatic heterocycles. The van der Waals surface area contributed by atoms with Crippen molar-refractivity contribution in [2.45, 2.75) is 32.6 Å². The highest BCUT2D eigenvalue weighted by Crippen LogP contribution is 2.40. The third-order valence-corrected chi connectivity index (χ3v) is 3.80. The van der Waals surface area contributed by atoms with Gasteiger partial charge >= 0.3 is 0 Å². The Morgan fingerprint density at radius 1 is 1.43 bits per heavy atom. The molecule has 14 heavy (non-hydrogen) atoms. The molecule has 3 heteroatoms. The molecule has 0 bridgehead atoms.